The zero-order valence-corrected chi connectivity index (χ0v) is 13.0. The summed E-state index contributed by atoms with van der Waals surface area (Å²) in [7, 11) is 6.73. The molecule has 0 atom stereocenters. The second-order valence-electron chi connectivity index (χ2n) is 5.03. The topological polar surface area (TPSA) is 53.5 Å². The van der Waals surface area contributed by atoms with E-state index in [-0.39, 0.29) is 11.8 Å². The van der Waals surface area contributed by atoms with Crippen LogP contribution in [0.5, 0.6) is 0 Å². The van der Waals surface area contributed by atoms with Gasteiger partial charge < -0.3 is 9.80 Å². The number of aromatic nitrogens is 1. The predicted molar refractivity (Wildman–Crippen MR) is 80.4 cm³/mol. The molecule has 2 aromatic heterocycles. The van der Waals surface area contributed by atoms with E-state index in [1.807, 2.05) is 13.0 Å². The quantitative estimate of drug-likeness (QED) is 0.850. The first-order valence-corrected chi connectivity index (χ1v) is 6.97. The largest absolute Gasteiger partial charge is 0.345 e. The van der Waals surface area contributed by atoms with E-state index in [1.165, 1.54) is 21.1 Å². The molecule has 0 radical (unpaired) electrons. The van der Waals surface area contributed by atoms with Crippen molar-refractivity contribution in [2.75, 3.05) is 28.2 Å². The fourth-order valence-electron chi connectivity index (χ4n) is 1.89. The molecule has 0 aliphatic rings. The summed E-state index contributed by atoms with van der Waals surface area (Å²) < 4.78 is 0. The van der Waals surface area contributed by atoms with Crippen LogP contribution in [0.1, 0.15) is 25.7 Å². The molecule has 6 heteroatoms. The minimum absolute atomic E-state index is 0.122. The van der Waals surface area contributed by atoms with Crippen molar-refractivity contribution in [3.8, 4) is 0 Å². The van der Waals surface area contributed by atoms with E-state index in [0.717, 1.165) is 15.1 Å². The summed E-state index contributed by atoms with van der Waals surface area (Å²) in [5, 5.41) is 0.807. The molecule has 5 nitrogen and oxygen atoms in total. The molecular formula is C14H17N3O2S. The van der Waals surface area contributed by atoms with E-state index in [4.69, 9.17) is 0 Å². The Kier molecular flexibility index (Phi) is 3.76. The third kappa shape index (κ3) is 2.51. The monoisotopic (exact) mass is 291 g/mol. The normalized spacial score (nSPS) is 10.7. The molecule has 0 aliphatic carbocycles. The van der Waals surface area contributed by atoms with Crippen LogP contribution in [0, 0.1) is 6.92 Å². The lowest BCUT2D eigenvalue weighted by molar-refractivity contribution is 0.0822. The predicted octanol–water partition coefficient (Wildman–Crippen LogP) is 2.01. The van der Waals surface area contributed by atoms with Crippen molar-refractivity contribution in [2.45, 2.75) is 6.92 Å². The molecule has 2 heterocycles. The molecule has 20 heavy (non-hydrogen) atoms. The van der Waals surface area contributed by atoms with Crippen LogP contribution in [0.4, 0.5) is 0 Å². The third-order valence-electron chi connectivity index (χ3n) is 2.89. The van der Waals surface area contributed by atoms with Gasteiger partial charge in [-0.1, -0.05) is 0 Å². The lowest BCUT2D eigenvalue weighted by atomic mass is 10.1. The first-order chi connectivity index (χ1) is 9.31. The number of aryl methyl sites for hydroxylation is 1. The second-order valence-corrected chi connectivity index (χ2v) is 6.26. The van der Waals surface area contributed by atoms with E-state index in [9.17, 15) is 9.59 Å². The number of hydrogen-bond acceptors (Lipinski definition) is 4. The van der Waals surface area contributed by atoms with Crippen molar-refractivity contribution in [3.05, 3.63) is 28.3 Å². The molecule has 0 fully saturated rings. The first kappa shape index (κ1) is 14.5. The van der Waals surface area contributed by atoms with Crippen LogP contribution in [0.15, 0.2) is 12.1 Å². The van der Waals surface area contributed by atoms with Crippen molar-refractivity contribution in [1.82, 2.24) is 14.8 Å². The fourth-order valence-corrected chi connectivity index (χ4v) is 2.80. The highest BCUT2D eigenvalue weighted by Crippen LogP contribution is 2.28. The van der Waals surface area contributed by atoms with Crippen LogP contribution >= 0.6 is 11.3 Å². The van der Waals surface area contributed by atoms with Gasteiger partial charge in [0, 0.05) is 38.5 Å². The molecule has 0 bridgehead atoms. The van der Waals surface area contributed by atoms with Crippen molar-refractivity contribution in [2.24, 2.45) is 0 Å². The molecule has 0 saturated carbocycles. The number of carbonyl (C=O) groups is 2. The summed E-state index contributed by atoms with van der Waals surface area (Å²) in [5.41, 5.74) is 0.823. The molecule has 2 amide bonds. The molecule has 2 aromatic rings. The van der Waals surface area contributed by atoms with Crippen LogP contribution in [-0.4, -0.2) is 54.8 Å². The summed E-state index contributed by atoms with van der Waals surface area (Å²) in [6.45, 7) is 1.96. The Morgan fingerprint density at radius 3 is 2.20 bits per heavy atom. The van der Waals surface area contributed by atoms with E-state index in [1.54, 1.807) is 34.3 Å². The number of nitrogens with zero attached hydrogens (tertiary/aromatic N) is 3. The summed E-state index contributed by atoms with van der Waals surface area (Å²) in [6.07, 6.45) is 0. The molecular weight excluding hydrogens is 274 g/mol. The number of carbonyl (C=O) groups excluding carboxylic acids is 2. The van der Waals surface area contributed by atoms with E-state index in [2.05, 4.69) is 4.98 Å². The van der Waals surface area contributed by atoms with E-state index in [0.29, 0.717) is 11.3 Å². The molecule has 2 rings (SSSR count). The number of hydrogen-bond donors (Lipinski definition) is 0. The Morgan fingerprint density at radius 1 is 1.05 bits per heavy atom. The van der Waals surface area contributed by atoms with Crippen molar-refractivity contribution < 1.29 is 9.59 Å². The van der Waals surface area contributed by atoms with Crippen LogP contribution < -0.4 is 0 Å². The van der Waals surface area contributed by atoms with Crippen LogP contribution in [0.3, 0.4) is 0 Å². The standard InChI is InChI=1S/C14H17N3O2S/c1-8-6-9-10(13(18)16(2)3)7-11(14(19)17(4)5)15-12(9)20-8/h6-7H,1-5H3. The highest BCUT2D eigenvalue weighted by molar-refractivity contribution is 7.18. The van der Waals surface area contributed by atoms with Gasteiger partial charge in [0.05, 0.1) is 5.56 Å². The first-order valence-electron chi connectivity index (χ1n) is 6.15. The maximum absolute atomic E-state index is 12.3. The van der Waals surface area contributed by atoms with Gasteiger partial charge in [-0.05, 0) is 19.1 Å². The molecule has 0 aromatic carbocycles. The Balaban J connectivity index is 2.70. The number of fused-ring (bicyclic) bond motifs is 1. The summed E-state index contributed by atoms with van der Waals surface area (Å²) in [6, 6.07) is 3.52. The molecule has 0 unspecified atom stereocenters. The summed E-state index contributed by atoms with van der Waals surface area (Å²) in [4.78, 5) is 33.5. The molecule has 0 spiro atoms. The molecule has 0 N–H and O–H groups in total. The minimum Gasteiger partial charge on any atom is -0.345 e. The highest BCUT2D eigenvalue weighted by atomic mass is 32.1. The molecule has 106 valence electrons. The van der Waals surface area contributed by atoms with E-state index < -0.39 is 0 Å². The average Bonchev–Trinajstić information content (AvgIpc) is 2.75. The minimum atomic E-state index is -0.203. The van der Waals surface area contributed by atoms with Gasteiger partial charge in [-0.2, -0.15) is 0 Å². The van der Waals surface area contributed by atoms with Gasteiger partial charge in [-0.25, -0.2) is 4.98 Å². The summed E-state index contributed by atoms with van der Waals surface area (Å²) >= 11 is 1.49. The summed E-state index contributed by atoms with van der Waals surface area (Å²) in [5.74, 6) is -0.325. The van der Waals surface area contributed by atoms with Gasteiger partial charge >= 0.3 is 0 Å². The average molecular weight is 291 g/mol. The maximum atomic E-state index is 12.3. The third-order valence-corrected chi connectivity index (χ3v) is 3.84. The van der Waals surface area contributed by atoms with Gasteiger partial charge in [-0.15, -0.1) is 11.3 Å². The van der Waals surface area contributed by atoms with Crippen LogP contribution in [-0.2, 0) is 0 Å². The number of amides is 2. The Morgan fingerprint density at radius 2 is 1.65 bits per heavy atom. The van der Waals surface area contributed by atoms with E-state index >= 15 is 0 Å². The van der Waals surface area contributed by atoms with Crippen molar-refractivity contribution in [3.63, 3.8) is 0 Å². The van der Waals surface area contributed by atoms with Crippen molar-refractivity contribution >= 4 is 33.4 Å². The van der Waals surface area contributed by atoms with Gasteiger partial charge in [0.15, 0.2) is 0 Å². The number of rotatable bonds is 2. The lowest BCUT2D eigenvalue weighted by Gasteiger charge is -2.14. The fraction of sp³-hybridized carbons (Fsp3) is 0.357. The van der Waals surface area contributed by atoms with Gasteiger partial charge in [-0.3, -0.25) is 9.59 Å². The molecule has 0 saturated heterocycles. The van der Waals surface area contributed by atoms with Crippen molar-refractivity contribution in [1.29, 1.82) is 0 Å². The van der Waals surface area contributed by atoms with Gasteiger partial charge in [0.1, 0.15) is 10.5 Å². The Labute approximate surface area is 121 Å². The van der Waals surface area contributed by atoms with Gasteiger partial charge in [0.2, 0.25) is 0 Å². The Hall–Kier alpha value is -1.95. The number of pyridine rings is 1. The Bertz CT molecular complexity index is 689. The zero-order valence-electron chi connectivity index (χ0n) is 12.2. The van der Waals surface area contributed by atoms with Crippen LogP contribution in [0.2, 0.25) is 0 Å². The SMILES string of the molecule is Cc1cc2c(C(=O)N(C)C)cc(C(=O)N(C)C)nc2s1. The van der Waals surface area contributed by atoms with Gasteiger partial charge in [0.25, 0.3) is 11.8 Å². The molecule has 0 aliphatic heterocycles. The second kappa shape index (κ2) is 5.20. The lowest BCUT2D eigenvalue weighted by Crippen LogP contribution is -2.25. The zero-order chi connectivity index (χ0) is 15.0. The highest BCUT2D eigenvalue weighted by Gasteiger charge is 2.20. The number of thiophene rings is 1. The maximum Gasteiger partial charge on any atom is 0.272 e. The van der Waals surface area contributed by atoms with Crippen LogP contribution in [0.25, 0.3) is 10.2 Å². The smallest absolute Gasteiger partial charge is 0.272 e.